The second kappa shape index (κ2) is 10.9. The Kier molecular flexibility index (Phi) is 7.75. The number of aryl methyl sites for hydroxylation is 2. The fourth-order valence-electron chi connectivity index (χ4n) is 4.14. The summed E-state index contributed by atoms with van der Waals surface area (Å²) < 4.78 is 59.0. The first-order chi connectivity index (χ1) is 18.4. The Labute approximate surface area is 223 Å². The van der Waals surface area contributed by atoms with Crippen LogP contribution < -0.4 is 10.2 Å². The van der Waals surface area contributed by atoms with Gasteiger partial charge in [0, 0.05) is 43.1 Å². The molecule has 1 amide bonds. The van der Waals surface area contributed by atoms with Crippen molar-refractivity contribution >= 4 is 17.3 Å². The van der Waals surface area contributed by atoms with E-state index in [1.165, 1.54) is 22.7 Å². The van der Waals surface area contributed by atoms with Crippen LogP contribution in [0.25, 0.3) is 16.9 Å². The molecule has 206 valence electrons. The van der Waals surface area contributed by atoms with Gasteiger partial charge in [0.15, 0.2) is 5.82 Å². The Morgan fingerprint density at radius 3 is 2.54 bits per heavy atom. The molecule has 0 spiro atoms. The molecule has 0 radical (unpaired) electrons. The van der Waals surface area contributed by atoms with Crippen molar-refractivity contribution in [3.63, 3.8) is 0 Å². The van der Waals surface area contributed by atoms with Crippen LogP contribution in [-0.4, -0.2) is 44.3 Å². The molecule has 2 aromatic heterocycles. The molecule has 0 atom stereocenters. The van der Waals surface area contributed by atoms with E-state index in [1.807, 2.05) is 27.8 Å². The highest BCUT2D eigenvalue weighted by Gasteiger charge is 2.36. The van der Waals surface area contributed by atoms with Crippen LogP contribution in [0.5, 0.6) is 0 Å². The third kappa shape index (κ3) is 5.79. The van der Waals surface area contributed by atoms with Crippen LogP contribution >= 0.6 is 0 Å². The molecular formula is C27H29F4N7O. The number of alkyl halides is 3. The molecule has 4 aromatic rings. The van der Waals surface area contributed by atoms with E-state index in [-0.39, 0.29) is 16.9 Å². The molecule has 4 rings (SSSR count). The molecular weight excluding hydrogens is 514 g/mol. The Balaban J connectivity index is 1.65. The molecule has 2 aromatic carbocycles. The molecule has 0 aliphatic rings. The van der Waals surface area contributed by atoms with E-state index in [0.29, 0.717) is 30.4 Å². The first kappa shape index (κ1) is 27.8. The van der Waals surface area contributed by atoms with Gasteiger partial charge >= 0.3 is 6.18 Å². The number of benzene rings is 2. The van der Waals surface area contributed by atoms with E-state index >= 15 is 0 Å². The molecule has 0 saturated carbocycles. The van der Waals surface area contributed by atoms with Gasteiger partial charge in [0.25, 0.3) is 5.91 Å². The summed E-state index contributed by atoms with van der Waals surface area (Å²) in [5.74, 6) is -2.02. The van der Waals surface area contributed by atoms with Crippen LogP contribution in [0.1, 0.15) is 46.9 Å². The quantitative estimate of drug-likeness (QED) is 0.279. The van der Waals surface area contributed by atoms with E-state index in [1.54, 1.807) is 35.3 Å². The first-order valence-corrected chi connectivity index (χ1v) is 12.4. The van der Waals surface area contributed by atoms with Crippen molar-refractivity contribution in [2.24, 2.45) is 7.05 Å². The van der Waals surface area contributed by atoms with Gasteiger partial charge in [0.05, 0.1) is 29.3 Å². The number of rotatable bonds is 8. The second-order valence-electron chi connectivity index (χ2n) is 9.40. The Morgan fingerprint density at radius 2 is 1.90 bits per heavy atom. The Morgan fingerprint density at radius 1 is 1.15 bits per heavy atom. The third-order valence-corrected chi connectivity index (χ3v) is 6.60. The van der Waals surface area contributed by atoms with Crippen LogP contribution in [0, 0.1) is 19.7 Å². The van der Waals surface area contributed by atoms with Gasteiger partial charge < -0.3 is 10.2 Å². The van der Waals surface area contributed by atoms with Gasteiger partial charge in [-0.3, -0.25) is 9.48 Å². The van der Waals surface area contributed by atoms with Crippen molar-refractivity contribution in [1.82, 2.24) is 24.8 Å². The average molecular weight is 544 g/mol. The summed E-state index contributed by atoms with van der Waals surface area (Å²) in [6, 6.07) is 6.66. The number of aromatic nitrogens is 5. The Hall–Kier alpha value is -4.22. The largest absolute Gasteiger partial charge is 0.419 e. The van der Waals surface area contributed by atoms with Crippen LogP contribution in [0.2, 0.25) is 0 Å². The minimum absolute atomic E-state index is 0.163. The second-order valence-corrected chi connectivity index (χ2v) is 9.40. The monoisotopic (exact) mass is 543 g/mol. The highest BCUT2D eigenvalue weighted by Crippen LogP contribution is 2.38. The standard InChI is InChI=1S/C27H29F4N7O/c1-6-7-10-36(4)24-13-19(12-21(25(24)28)27(29,30)31)33-26(39)18-9-8-16(2)23(11-18)38-15-22(34-35-38)20-14-32-37(5)17(20)3/h8-9,11-15H,6-7,10H2,1-5H3,(H,33,39). The minimum Gasteiger partial charge on any atom is -0.372 e. The van der Waals surface area contributed by atoms with Crippen molar-refractivity contribution in [3.05, 3.63) is 70.9 Å². The smallest absolute Gasteiger partial charge is 0.372 e. The highest BCUT2D eigenvalue weighted by molar-refractivity contribution is 6.05. The summed E-state index contributed by atoms with van der Waals surface area (Å²) in [4.78, 5) is 14.5. The van der Waals surface area contributed by atoms with Crippen LogP contribution in [0.3, 0.4) is 0 Å². The first-order valence-electron chi connectivity index (χ1n) is 12.4. The summed E-state index contributed by atoms with van der Waals surface area (Å²) in [5, 5.41) is 15.1. The van der Waals surface area contributed by atoms with E-state index in [0.717, 1.165) is 23.2 Å². The van der Waals surface area contributed by atoms with E-state index in [4.69, 9.17) is 0 Å². The van der Waals surface area contributed by atoms with Gasteiger partial charge in [-0.2, -0.15) is 18.3 Å². The van der Waals surface area contributed by atoms with Gasteiger partial charge in [0.1, 0.15) is 5.69 Å². The lowest BCUT2D eigenvalue weighted by molar-refractivity contribution is -0.139. The number of amides is 1. The Bertz CT molecular complexity index is 1510. The maximum Gasteiger partial charge on any atom is 0.419 e. The fraction of sp³-hybridized carbons (Fsp3) is 0.333. The molecule has 39 heavy (non-hydrogen) atoms. The van der Waals surface area contributed by atoms with Gasteiger partial charge in [-0.05, 0) is 50.1 Å². The van der Waals surface area contributed by atoms with Gasteiger partial charge in [-0.1, -0.05) is 24.6 Å². The molecule has 0 bridgehead atoms. The van der Waals surface area contributed by atoms with E-state index in [9.17, 15) is 22.4 Å². The molecule has 0 saturated heterocycles. The SMILES string of the molecule is CCCCN(C)c1cc(NC(=O)c2ccc(C)c(-n3cc(-c4cnn(C)c4C)nn3)c2)cc(C(F)(F)F)c1F. The number of carbonyl (C=O) groups is 1. The molecule has 0 fully saturated rings. The van der Waals surface area contributed by atoms with Crippen LogP contribution in [0.4, 0.5) is 28.9 Å². The number of hydrogen-bond donors (Lipinski definition) is 1. The van der Waals surface area contributed by atoms with Crippen molar-refractivity contribution in [2.45, 2.75) is 39.8 Å². The summed E-state index contributed by atoms with van der Waals surface area (Å²) in [6.07, 6.45) is -0.0718. The molecule has 0 aliphatic carbocycles. The van der Waals surface area contributed by atoms with E-state index < -0.39 is 23.5 Å². The molecule has 12 heteroatoms. The zero-order valence-corrected chi connectivity index (χ0v) is 22.3. The number of nitrogens with zero attached hydrogens (tertiary/aromatic N) is 6. The molecule has 1 N–H and O–H groups in total. The predicted molar refractivity (Wildman–Crippen MR) is 141 cm³/mol. The maximum atomic E-state index is 14.8. The lowest BCUT2D eigenvalue weighted by Crippen LogP contribution is -2.22. The number of anilines is 2. The van der Waals surface area contributed by atoms with Crippen LogP contribution in [-0.2, 0) is 13.2 Å². The normalized spacial score (nSPS) is 11.6. The van der Waals surface area contributed by atoms with Crippen LogP contribution in [0.15, 0.2) is 42.7 Å². The third-order valence-electron chi connectivity index (χ3n) is 6.60. The number of hydrogen-bond acceptors (Lipinski definition) is 5. The number of carbonyl (C=O) groups excluding carboxylic acids is 1. The minimum atomic E-state index is -4.93. The number of nitrogens with one attached hydrogen (secondary N) is 1. The topological polar surface area (TPSA) is 80.9 Å². The highest BCUT2D eigenvalue weighted by atomic mass is 19.4. The van der Waals surface area contributed by atoms with Gasteiger partial charge in [-0.25, -0.2) is 9.07 Å². The van der Waals surface area contributed by atoms with Crippen molar-refractivity contribution in [1.29, 1.82) is 0 Å². The van der Waals surface area contributed by atoms with Crippen molar-refractivity contribution < 1.29 is 22.4 Å². The molecule has 2 heterocycles. The zero-order valence-electron chi connectivity index (χ0n) is 22.3. The maximum absolute atomic E-state index is 14.8. The summed E-state index contributed by atoms with van der Waals surface area (Å²) in [5.41, 5.74) is 2.03. The summed E-state index contributed by atoms with van der Waals surface area (Å²) >= 11 is 0. The lowest BCUT2D eigenvalue weighted by Gasteiger charge is -2.23. The van der Waals surface area contributed by atoms with Crippen molar-refractivity contribution in [3.8, 4) is 16.9 Å². The molecule has 0 aliphatic heterocycles. The van der Waals surface area contributed by atoms with Gasteiger partial charge in [0.2, 0.25) is 0 Å². The van der Waals surface area contributed by atoms with Gasteiger partial charge in [-0.15, -0.1) is 5.10 Å². The zero-order chi connectivity index (χ0) is 28.5. The summed E-state index contributed by atoms with van der Waals surface area (Å²) in [7, 11) is 3.34. The summed E-state index contributed by atoms with van der Waals surface area (Å²) in [6.45, 7) is 6.03. The number of unbranched alkanes of at least 4 members (excludes halogenated alkanes) is 1. The molecule has 8 nitrogen and oxygen atoms in total. The van der Waals surface area contributed by atoms with Crippen molar-refractivity contribution in [2.75, 3.05) is 23.8 Å². The van der Waals surface area contributed by atoms with E-state index in [2.05, 4.69) is 20.7 Å². The molecule has 0 unspecified atom stereocenters. The fourth-order valence-corrected chi connectivity index (χ4v) is 4.14. The predicted octanol–water partition coefficient (Wildman–Crippen LogP) is 5.93. The number of halogens is 4. The average Bonchev–Trinajstić information content (AvgIpc) is 3.49. The lowest BCUT2D eigenvalue weighted by atomic mass is 10.1.